The minimum Gasteiger partial charge on any atom is -0.465 e. The molecule has 22 heavy (non-hydrogen) atoms. The lowest BCUT2D eigenvalue weighted by Gasteiger charge is -2.14. The van der Waals surface area contributed by atoms with Crippen molar-refractivity contribution in [2.45, 2.75) is 90.6 Å². The molecule has 4 nitrogen and oxygen atoms in total. The van der Waals surface area contributed by atoms with Crippen molar-refractivity contribution < 1.29 is 19.1 Å². The van der Waals surface area contributed by atoms with Gasteiger partial charge in [0, 0.05) is 12.8 Å². The summed E-state index contributed by atoms with van der Waals surface area (Å²) in [6.45, 7) is 4.82. The molecule has 4 heteroatoms. The van der Waals surface area contributed by atoms with Crippen molar-refractivity contribution in [1.29, 1.82) is 0 Å². The third-order valence-electron chi connectivity index (χ3n) is 4.39. The van der Waals surface area contributed by atoms with Crippen LogP contribution in [0, 0.1) is 5.92 Å². The molecule has 0 saturated heterocycles. The van der Waals surface area contributed by atoms with Crippen LogP contribution in [-0.2, 0) is 19.1 Å². The lowest BCUT2D eigenvalue weighted by Crippen LogP contribution is -2.16. The minimum absolute atomic E-state index is 0.114. The van der Waals surface area contributed by atoms with E-state index in [1.54, 1.807) is 0 Å². The number of rotatable bonds is 11. The highest BCUT2D eigenvalue weighted by Crippen LogP contribution is 2.21. The molecule has 0 aliphatic heterocycles. The third kappa shape index (κ3) is 8.40. The van der Waals surface area contributed by atoms with Gasteiger partial charge in [0.15, 0.2) is 0 Å². The van der Waals surface area contributed by atoms with Crippen LogP contribution < -0.4 is 0 Å². The van der Waals surface area contributed by atoms with Crippen LogP contribution in [0.2, 0.25) is 0 Å². The molecular weight excluding hydrogens is 280 g/mol. The summed E-state index contributed by atoms with van der Waals surface area (Å²) < 4.78 is 10.7. The van der Waals surface area contributed by atoms with Crippen molar-refractivity contribution >= 4 is 11.9 Å². The van der Waals surface area contributed by atoms with Crippen molar-refractivity contribution in [3.63, 3.8) is 0 Å². The monoisotopic (exact) mass is 312 g/mol. The van der Waals surface area contributed by atoms with Gasteiger partial charge in [0.05, 0.1) is 6.61 Å². The molecule has 0 aromatic heterocycles. The highest BCUT2D eigenvalue weighted by Gasteiger charge is 2.19. The molecule has 1 saturated carbocycles. The Balaban J connectivity index is 2.05. The summed E-state index contributed by atoms with van der Waals surface area (Å²) in [5.74, 6) is 0.105. The molecule has 0 aromatic rings. The van der Waals surface area contributed by atoms with Gasteiger partial charge in [-0.15, -0.1) is 0 Å². The molecule has 0 N–H and O–H groups in total. The summed E-state index contributed by atoms with van der Waals surface area (Å²) in [6.07, 6.45) is 10.1. The highest BCUT2D eigenvalue weighted by molar-refractivity contribution is 5.72. The summed E-state index contributed by atoms with van der Waals surface area (Å²) in [5.41, 5.74) is 0. The number of ether oxygens (including phenoxy) is 2. The summed E-state index contributed by atoms with van der Waals surface area (Å²) >= 11 is 0. The van der Waals surface area contributed by atoms with Gasteiger partial charge in [-0.1, -0.05) is 33.1 Å². The van der Waals surface area contributed by atoms with Crippen LogP contribution >= 0.6 is 0 Å². The van der Waals surface area contributed by atoms with Crippen LogP contribution in [0.25, 0.3) is 0 Å². The summed E-state index contributed by atoms with van der Waals surface area (Å²) in [7, 11) is 0. The molecule has 0 radical (unpaired) electrons. The van der Waals surface area contributed by atoms with Crippen molar-refractivity contribution in [3.05, 3.63) is 0 Å². The van der Waals surface area contributed by atoms with E-state index in [4.69, 9.17) is 9.47 Å². The fourth-order valence-electron chi connectivity index (χ4n) is 2.81. The third-order valence-corrected chi connectivity index (χ3v) is 4.39. The van der Waals surface area contributed by atoms with E-state index in [0.717, 1.165) is 38.5 Å². The predicted molar refractivity (Wildman–Crippen MR) is 86.5 cm³/mol. The Kier molecular flexibility index (Phi) is 9.93. The molecule has 1 fully saturated rings. The molecule has 1 aliphatic rings. The van der Waals surface area contributed by atoms with Gasteiger partial charge < -0.3 is 9.47 Å². The van der Waals surface area contributed by atoms with Crippen LogP contribution in [0.1, 0.15) is 84.5 Å². The summed E-state index contributed by atoms with van der Waals surface area (Å²) in [4.78, 5) is 23.3. The second-order valence-electron chi connectivity index (χ2n) is 6.35. The molecular formula is C18H32O4. The van der Waals surface area contributed by atoms with Crippen LogP contribution in [0.3, 0.4) is 0 Å². The van der Waals surface area contributed by atoms with Crippen molar-refractivity contribution in [3.8, 4) is 0 Å². The second kappa shape index (κ2) is 11.5. The standard InChI is InChI=1S/C18H32O4/c1-3-5-9-15(4-2)14-21-17(19)12-8-13-18(20)22-16-10-6-7-11-16/h15-16H,3-14H2,1-2H3. The van der Waals surface area contributed by atoms with E-state index in [-0.39, 0.29) is 18.0 Å². The zero-order valence-corrected chi connectivity index (χ0v) is 14.3. The Morgan fingerprint density at radius 3 is 2.36 bits per heavy atom. The van der Waals surface area contributed by atoms with E-state index in [0.29, 0.717) is 31.8 Å². The fraction of sp³-hybridized carbons (Fsp3) is 0.889. The SMILES string of the molecule is CCCCC(CC)COC(=O)CCCC(=O)OC1CCCC1. The molecule has 1 unspecified atom stereocenters. The topological polar surface area (TPSA) is 52.6 Å². The number of hydrogen-bond acceptors (Lipinski definition) is 4. The molecule has 1 atom stereocenters. The number of unbranched alkanes of at least 4 members (excludes halogenated alkanes) is 1. The van der Waals surface area contributed by atoms with Crippen LogP contribution in [-0.4, -0.2) is 24.6 Å². The average Bonchev–Trinajstić information content (AvgIpc) is 3.00. The largest absolute Gasteiger partial charge is 0.465 e. The first-order chi connectivity index (χ1) is 10.7. The number of carbonyl (C=O) groups excluding carboxylic acids is 2. The van der Waals surface area contributed by atoms with E-state index in [2.05, 4.69) is 13.8 Å². The lowest BCUT2D eigenvalue weighted by atomic mass is 10.0. The van der Waals surface area contributed by atoms with Gasteiger partial charge in [-0.25, -0.2) is 0 Å². The molecule has 128 valence electrons. The first kappa shape index (κ1) is 19.0. The van der Waals surface area contributed by atoms with Gasteiger partial charge in [-0.3, -0.25) is 9.59 Å². The minimum atomic E-state index is -0.191. The second-order valence-corrected chi connectivity index (χ2v) is 6.35. The molecule has 0 amide bonds. The number of hydrogen-bond donors (Lipinski definition) is 0. The van der Waals surface area contributed by atoms with E-state index in [1.807, 2.05) is 0 Å². The van der Waals surface area contributed by atoms with Crippen molar-refractivity contribution in [1.82, 2.24) is 0 Å². The van der Waals surface area contributed by atoms with Crippen molar-refractivity contribution in [2.24, 2.45) is 5.92 Å². The fourth-order valence-corrected chi connectivity index (χ4v) is 2.81. The maximum Gasteiger partial charge on any atom is 0.306 e. The smallest absolute Gasteiger partial charge is 0.306 e. The molecule has 0 bridgehead atoms. The highest BCUT2D eigenvalue weighted by atomic mass is 16.5. The normalized spacial score (nSPS) is 16.5. The molecule has 0 spiro atoms. The molecule has 1 aliphatic carbocycles. The molecule has 1 rings (SSSR count). The van der Waals surface area contributed by atoms with E-state index >= 15 is 0 Å². The van der Waals surface area contributed by atoms with Gasteiger partial charge in [0.2, 0.25) is 0 Å². The zero-order chi connectivity index (χ0) is 16.2. The van der Waals surface area contributed by atoms with Gasteiger partial charge >= 0.3 is 11.9 Å². The van der Waals surface area contributed by atoms with Crippen molar-refractivity contribution in [2.75, 3.05) is 6.61 Å². The Hall–Kier alpha value is -1.06. The van der Waals surface area contributed by atoms with Gasteiger partial charge in [-0.2, -0.15) is 0 Å². The Morgan fingerprint density at radius 2 is 1.73 bits per heavy atom. The average molecular weight is 312 g/mol. The Labute approximate surface area is 134 Å². The maximum atomic E-state index is 11.7. The zero-order valence-electron chi connectivity index (χ0n) is 14.3. The van der Waals surface area contributed by atoms with E-state index < -0.39 is 0 Å². The van der Waals surface area contributed by atoms with E-state index in [9.17, 15) is 9.59 Å². The van der Waals surface area contributed by atoms with Gasteiger partial charge in [0.25, 0.3) is 0 Å². The Morgan fingerprint density at radius 1 is 1.05 bits per heavy atom. The van der Waals surface area contributed by atoms with Crippen LogP contribution in [0.4, 0.5) is 0 Å². The maximum absolute atomic E-state index is 11.7. The lowest BCUT2D eigenvalue weighted by molar-refractivity contribution is -0.149. The first-order valence-electron chi connectivity index (χ1n) is 9.00. The van der Waals surface area contributed by atoms with Crippen LogP contribution in [0.15, 0.2) is 0 Å². The Bertz CT molecular complexity index is 321. The summed E-state index contributed by atoms with van der Waals surface area (Å²) in [5, 5.41) is 0. The van der Waals surface area contributed by atoms with Gasteiger partial charge in [0.1, 0.15) is 6.10 Å². The number of esters is 2. The summed E-state index contributed by atoms with van der Waals surface area (Å²) in [6, 6.07) is 0. The van der Waals surface area contributed by atoms with Gasteiger partial charge in [-0.05, 0) is 44.4 Å². The predicted octanol–water partition coefficient (Wildman–Crippen LogP) is 4.40. The van der Waals surface area contributed by atoms with E-state index in [1.165, 1.54) is 12.8 Å². The molecule has 0 heterocycles. The first-order valence-corrected chi connectivity index (χ1v) is 9.00. The van der Waals surface area contributed by atoms with Crippen LogP contribution in [0.5, 0.6) is 0 Å². The number of carbonyl (C=O) groups is 2. The molecule has 0 aromatic carbocycles. The quantitative estimate of drug-likeness (QED) is 0.531.